The summed E-state index contributed by atoms with van der Waals surface area (Å²) >= 11 is 5.60. The monoisotopic (exact) mass is 248 g/mol. The highest BCUT2D eigenvalue weighted by Crippen LogP contribution is 2.12. The van der Waals surface area contributed by atoms with Gasteiger partial charge in [-0.1, -0.05) is 11.6 Å². The van der Waals surface area contributed by atoms with Crippen molar-refractivity contribution in [1.82, 2.24) is 15.2 Å². The molecule has 0 unspecified atom stereocenters. The number of hydrogen-bond acceptors (Lipinski definition) is 4. The molecule has 6 heteroatoms. The highest BCUT2D eigenvalue weighted by Gasteiger charge is 2.15. The van der Waals surface area contributed by atoms with Gasteiger partial charge in [-0.2, -0.15) is 0 Å². The number of anilines is 1. The second-order valence-corrected chi connectivity index (χ2v) is 3.70. The van der Waals surface area contributed by atoms with Crippen LogP contribution in [0.3, 0.4) is 0 Å². The zero-order valence-electron chi connectivity index (χ0n) is 9.04. The lowest BCUT2D eigenvalue weighted by atomic mass is 10.3. The van der Waals surface area contributed by atoms with Crippen LogP contribution in [0.1, 0.15) is 10.5 Å². The number of carbonyl (C=O) groups is 1. The smallest absolute Gasteiger partial charge is 0.278 e. The van der Waals surface area contributed by atoms with Gasteiger partial charge in [-0.3, -0.25) is 9.78 Å². The fourth-order valence-corrected chi connectivity index (χ4v) is 1.37. The zero-order chi connectivity index (χ0) is 12.3. The predicted octanol–water partition coefficient (Wildman–Crippen LogP) is 1.80. The van der Waals surface area contributed by atoms with Crippen LogP contribution in [-0.2, 0) is 0 Å². The molecule has 0 saturated heterocycles. The Bertz CT molecular complexity index is 515. The summed E-state index contributed by atoms with van der Waals surface area (Å²) in [5.74, 6) is -0.262. The molecule has 0 atom stereocenters. The van der Waals surface area contributed by atoms with Crippen molar-refractivity contribution < 1.29 is 4.79 Å². The average Bonchev–Trinajstić information content (AvgIpc) is 2.39. The summed E-state index contributed by atoms with van der Waals surface area (Å²) in [4.78, 5) is 17.4. The molecule has 1 amide bonds. The third-order valence-corrected chi connectivity index (χ3v) is 2.39. The van der Waals surface area contributed by atoms with Crippen LogP contribution in [0.15, 0.2) is 36.7 Å². The molecular weight excluding hydrogens is 240 g/mol. The Morgan fingerprint density at radius 2 is 2.12 bits per heavy atom. The molecule has 0 aromatic carbocycles. The number of rotatable bonds is 2. The number of halogens is 1. The van der Waals surface area contributed by atoms with E-state index in [0.717, 1.165) is 0 Å². The minimum absolute atomic E-state index is 0.237. The van der Waals surface area contributed by atoms with Gasteiger partial charge in [0.25, 0.3) is 5.91 Å². The van der Waals surface area contributed by atoms with E-state index in [1.54, 1.807) is 31.6 Å². The normalized spacial score (nSPS) is 10.0. The van der Waals surface area contributed by atoms with Crippen LogP contribution in [0.2, 0.25) is 5.15 Å². The molecule has 17 heavy (non-hydrogen) atoms. The van der Waals surface area contributed by atoms with Gasteiger partial charge in [-0.05, 0) is 24.3 Å². The van der Waals surface area contributed by atoms with E-state index in [9.17, 15) is 4.79 Å². The summed E-state index contributed by atoms with van der Waals surface area (Å²) in [6.07, 6.45) is 3.24. The van der Waals surface area contributed by atoms with Crippen LogP contribution in [0.25, 0.3) is 0 Å². The number of hydrogen-bond donors (Lipinski definition) is 0. The third kappa shape index (κ3) is 2.57. The predicted molar refractivity (Wildman–Crippen MR) is 64.0 cm³/mol. The first-order valence-electron chi connectivity index (χ1n) is 4.86. The van der Waals surface area contributed by atoms with Crippen molar-refractivity contribution in [3.05, 3.63) is 47.5 Å². The van der Waals surface area contributed by atoms with E-state index in [2.05, 4.69) is 15.2 Å². The Morgan fingerprint density at radius 1 is 1.29 bits per heavy atom. The molecule has 0 aliphatic heterocycles. The summed E-state index contributed by atoms with van der Waals surface area (Å²) < 4.78 is 0. The van der Waals surface area contributed by atoms with E-state index in [0.29, 0.717) is 5.69 Å². The van der Waals surface area contributed by atoms with Gasteiger partial charge in [-0.25, -0.2) is 0 Å². The highest BCUT2D eigenvalue weighted by atomic mass is 35.5. The SMILES string of the molecule is CN(C(=O)c1ccc(Cl)nn1)c1cccnc1. The Morgan fingerprint density at radius 3 is 2.71 bits per heavy atom. The van der Waals surface area contributed by atoms with Crippen LogP contribution in [-0.4, -0.2) is 28.1 Å². The van der Waals surface area contributed by atoms with Crippen molar-refractivity contribution in [2.24, 2.45) is 0 Å². The van der Waals surface area contributed by atoms with Crippen molar-refractivity contribution in [3.8, 4) is 0 Å². The minimum atomic E-state index is -0.262. The number of amides is 1. The van der Waals surface area contributed by atoms with Crippen LogP contribution in [0, 0.1) is 0 Å². The van der Waals surface area contributed by atoms with E-state index >= 15 is 0 Å². The Balaban J connectivity index is 2.23. The quantitative estimate of drug-likeness (QED) is 0.813. The summed E-state index contributed by atoms with van der Waals surface area (Å²) in [5, 5.41) is 7.61. The summed E-state index contributed by atoms with van der Waals surface area (Å²) in [7, 11) is 1.65. The van der Waals surface area contributed by atoms with E-state index in [-0.39, 0.29) is 16.8 Å². The fourth-order valence-electron chi connectivity index (χ4n) is 1.27. The molecule has 86 valence electrons. The van der Waals surface area contributed by atoms with Gasteiger partial charge >= 0.3 is 0 Å². The van der Waals surface area contributed by atoms with Crippen LogP contribution < -0.4 is 4.90 Å². The second-order valence-electron chi connectivity index (χ2n) is 3.32. The number of nitrogens with zero attached hydrogens (tertiary/aromatic N) is 4. The first-order valence-corrected chi connectivity index (χ1v) is 5.23. The summed E-state index contributed by atoms with van der Waals surface area (Å²) in [5.41, 5.74) is 0.926. The van der Waals surface area contributed by atoms with Crippen molar-refractivity contribution >= 4 is 23.2 Å². The molecule has 0 bridgehead atoms. The molecule has 0 aliphatic rings. The Labute approximate surface area is 103 Å². The fraction of sp³-hybridized carbons (Fsp3) is 0.0909. The molecule has 2 aromatic rings. The molecule has 2 aromatic heterocycles. The molecule has 2 heterocycles. The lowest BCUT2D eigenvalue weighted by molar-refractivity contribution is 0.0987. The van der Waals surface area contributed by atoms with E-state index in [1.807, 2.05) is 0 Å². The second kappa shape index (κ2) is 4.88. The first kappa shape index (κ1) is 11.5. The Hall–Kier alpha value is -2.01. The minimum Gasteiger partial charge on any atom is -0.309 e. The summed E-state index contributed by atoms with van der Waals surface area (Å²) in [6.45, 7) is 0. The Kier molecular flexibility index (Phi) is 3.30. The number of carbonyl (C=O) groups excluding carboxylic acids is 1. The molecule has 0 aliphatic carbocycles. The molecule has 0 N–H and O–H groups in total. The van der Waals surface area contributed by atoms with Gasteiger partial charge in [0, 0.05) is 13.2 Å². The van der Waals surface area contributed by atoms with Gasteiger partial charge in [0.1, 0.15) is 0 Å². The molecule has 0 fully saturated rings. The van der Waals surface area contributed by atoms with E-state index in [1.165, 1.54) is 17.0 Å². The number of pyridine rings is 1. The van der Waals surface area contributed by atoms with Crippen molar-refractivity contribution in [2.45, 2.75) is 0 Å². The van der Waals surface area contributed by atoms with Crippen LogP contribution >= 0.6 is 11.6 Å². The van der Waals surface area contributed by atoms with E-state index in [4.69, 9.17) is 11.6 Å². The topological polar surface area (TPSA) is 59.0 Å². The maximum atomic E-state index is 12.0. The average molecular weight is 249 g/mol. The van der Waals surface area contributed by atoms with E-state index < -0.39 is 0 Å². The van der Waals surface area contributed by atoms with Gasteiger partial charge in [-0.15, -0.1) is 10.2 Å². The maximum Gasteiger partial charge on any atom is 0.278 e. The highest BCUT2D eigenvalue weighted by molar-refractivity contribution is 6.29. The molecule has 5 nitrogen and oxygen atoms in total. The molecule has 2 rings (SSSR count). The maximum absolute atomic E-state index is 12.0. The lowest BCUT2D eigenvalue weighted by Gasteiger charge is -2.15. The summed E-state index contributed by atoms with van der Waals surface area (Å²) in [6, 6.07) is 6.60. The van der Waals surface area contributed by atoms with Crippen molar-refractivity contribution in [1.29, 1.82) is 0 Å². The molecule has 0 spiro atoms. The van der Waals surface area contributed by atoms with Crippen molar-refractivity contribution in [2.75, 3.05) is 11.9 Å². The van der Waals surface area contributed by atoms with Gasteiger partial charge < -0.3 is 4.90 Å². The van der Waals surface area contributed by atoms with Crippen LogP contribution in [0.5, 0.6) is 0 Å². The lowest BCUT2D eigenvalue weighted by Crippen LogP contribution is -2.27. The van der Waals surface area contributed by atoms with Gasteiger partial charge in [0.2, 0.25) is 0 Å². The molecule has 0 saturated carbocycles. The number of aromatic nitrogens is 3. The standard InChI is InChI=1S/C11H9ClN4O/c1-16(8-3-2-6-13-7-8)11(17)9-4-5-10(12)15-14-9/h2-7H,1H3. The van der Waals surface area contributed by atoms with Crippen molar-refractivity contribution in [3.63, 3.8) is 0 Å². The van der Waals surface area contributed by atoms with Gasteiger partial charge in [0.05, 0.1) is 11.9 Å². The molecule has 0 radical (unpaired) electrons. The largest absolute Gasteiger partial charge is 0.309 e. The van der Waals surface area contributed by atoms with Gasteiger partial charge in [0.15, 0.2) is 10.8 Å². The third-order valence-electron chi connectivity index (χ3n) is 2.19. The van der Waals surface area contributed by atoms with Crippen LogP contribution in [0.4, 0.5) is 5.69 Å². The molecular formula is C11H9ClN4O. The zero-order valence-corrected chi connectivity index (χ0v) is 9.80. The first-order chi connectivity index (χ1) is 8.18.